The Kier molecular flexibility index (Phi) is 3.08. The van der Waals surface area contributed by atoms with Crippen LogP contribution >= 0.6 is 11.3 Å². The molecule has 100 valence electrons. The second kappa shape index (κ2) is 4.90. The Labute approximate surface area is 118 Å². The van der Waals surface area contributed by atoms with Crippen molar-refractivity contribution in [1.82, 2.24) is 9.97 Å². The van der Waals surface area contributed by atoms with Crippen molar-refractivity contribution in [3.8, 4) is 11.6 Å². The summed E-state index contributed by atoms with van der Waals surface area (Å²) in [4.78, 5) is 20.2. The fourth-order valence-corrected chi connectivity index (χ4v) is 2.63. The van der Waals surface area contributed by atoms with Crippen molar-refractivity contribution in [1.29, 1.82) is 0 Å². The standard InChI is InChI=1S/C14H10N2O3S/c1-8-9(14(17)18)3-2-4-11(8)19-12-10-5-6-20-13(10)16-7-15-12/h2-7H,1H3,(H,17,18). The molecule has 0 bridgehead atoms. The van der Waals surface area contributed by atoms with Gasteiger partial charge in [-0.2, -0.15) is 0 Å². The van der Waals surface area contributed by atoms with Gasteiger partial charge >= 0.3 is 5.97 Å². The summed E-state index contributed by atoms with van der Waals surface area (Å²) in [7, 11) is 0. The molecule has 0 amide bonds. The molecular weight excluding hydrogens is 276 g/mol. The zero-order valence-corrected chi connectivity index (χ0v) is 11.3. The number of fused-ring (bicyclic) bond motifs is 1. The Morgan fingerprint density at radius 3 is 2.95 bits per heavy atom. The van der Waals surface area contributed by atoms with E-state index in [0.29, 0.717) is 17.2 Å². The highest BCUT2D eigenvalue weighted by atomic mass is 32.1. The average Bonchev–Trinajstić information content (AvgIpc) is 2.90. The number of nitrogens with zero attached hydrogens (tertiary/aromatic N) is 2. The van der Waals surface area contributed by atoms with Crippen molar-refractivity contribution in [2.75, 3.05) is 0 Å². The average molecular weight is 286 g/mol. The maximum atomic E-state index is 11.1. The SMILES string of the molecule is Cc1c(Oc2ncnc3sccc23)cccc1C(=O)O. The van der Waals surface area contributed by atoms with Gasteiger partial charge in [-0.05, 0) is 30.5 Å². The van der Waals surface area contributed by atoms with Gasteiger partial charge < -0.3 is 9.84 Å². The maximum absolute atomic E-state index is 11.1. The van der Waals surface area contributed by atoms with Gasteiger partial charge in [0, 0.05) is 5.56 Å². The lowest BCUT2D eigenvalue weighted by atomic mass is 10.1. The molecule has 3 rings (SSSR count). The number of carbonyl (C=O) groups is 1. The second-order valence-electron chi connectivity index (χ2n) is 4.15. The number of rotatable bonds is 3. The Balaban J connectivity index is 2.05. The van der Waals surface area contributed by atoms with Gasteiger partial charge in [-0.3, -0.25) is 0 Å². The summed E-state index contributed by atoms with van der Waals surface area (Å²) >= 11 is 1.50. The van der Waals surface area contributed by atoms with Gasteiger partial charge in [-0.25, -0.2) is 14.8 Å². The maximum Gasteiger partial charge on any atom is 0.336 e. The number of carboxylic acids is 1. The highest BCUT2D eigenvalue weighted by Gasteiger charge is 2.13. The molecule has 0 spiro atoms. The van der Waals surface area contributed by atoms with Crippen LogP contribution in [0.25, 0.3) is 10.2 Å². The van der Waals surface area contributed by atoms with Crippen LogP contribution in [0.2, 0.25) is 0 Å². The lowest BCUT2D eigenvalue weighted by Gasteiger charge is -2.10. The quantitative estimate of drug-likeness (QED) is 0.798. The fraction of sp³-hybridized carbons (Fsp3) is 0.0714. The number of aromatic nitrogens is 2. The summed E-state index contributed by atoms with van der Waals surface area (Å²) in [5.74, 6) is -0.0608. The number of benzene rings is 1. The highest BCUT2D eigenvalue weighted by molar-refractivity contribution is 7.16. The Morgan fingerprint density at radius 2 is 2.15 bits per heavy atom. The molecule has 6 heteroatoms. The number of carboxylic acid groups (broad SMARTS) is 1. The van der Waals surface area contributed by atoms with Crippen molar-refractivity contribution in [3.63, 3.8) is 0 Å². The molecule has 20 heavy (non-hydrogen) atoms. The largest absolute Gasteiger partial charge is 0.478 e. The minimum Gasteiger partial charge on any atom is -0.478 e. The van der Waals surface area contributed by atoms with Crippen LogP contribution in [0, 0.1) is 6.92 Å². The molecule has 0 aliphatic rings. The van der Waals surface area contributed by atoms with E-state index in [2.05, 4.69) is 9.97 Å². The molecule has 0 radical (unpaired) electrons. The van der Waals surface area contributed by atoms with E-state index in [1.807, 2.05) is 11.4 Å². The number of aromatic carboxylic acids is 1. The van der Waals surface area contributed by atoms with Gasteiger partial charge in [0.15, 0.2) is 0 Å². The van der Waals surface area contributed by atoms with E-state index in [0.717, 1.165) is 10.2 Å². The van der Waals surface area contributed by atoms with Gasteiger partial charge in [-0.15, -0.1) is 11.3 Å². The summed E-state index contributed by atoms with van der Waals surface area (Å²) in [6.45, 7) is 1.71. The molecule has 0 saturated heterocycles. The van der Waals surface area contributed by atoms with Crippen molar-refractivity contribution in [2.45, 2.75) is 6.92 Å². The van der Waals surface area contributed by atoms with Gasteiger partial charge in [-0.1, -0.05) is 6.07 Å². The van der Waals surface area contributed by atoms with Crippen molar-refractivity contribution >= 4 is 27.5 Å². The molecule has 1 aromatic carbocycles. The Bertz CT molecular complexity index is 798. The molecule has 3 aromatic rings. The molecule has 0 unspecified atom stereocenters. The van der Waals surface area contributed by atoms with Crippen LogP contribution in [0.15, 0.2) is 36.0 Å². The Morgan fingerprint density at radius 1 is 1.30 bits per heavy atom. The van der Waals surface area contributed by atoms with E-state index in [9.17, 15) is 4.79 Å². The minimum atomic E-state index is -0.976. The molecule has 2 heterocycles. The third-order valence-corrected chi connectivity index (χ3v) is 3.77. The van der Waals surface area contributed by atoms with Crippen molar-refractivity contribution < 1.29 is 14.6 Å². The lowest BCUT2D eigenvalue weighted by Crippen LogP contribution is -2.01. The van der Waals surface area contributed by atoms with E-state index < -0.39 is 5.97 Å². The molecule has 1 N–H and O–H groups in total. The second-order valence-corrected chi connectivity index (χ2v) is 5.05. The van der Waals surface area contributed by atoms with E-state index in [1.165, 1.54) is 17.7 Å². The molecule has 0 aliphatic heterocycles. The van der Waals surface area contributed by atoms with Crippen LogP contribution in [-0.4, -0.2) is 21.0 Å². The number of ether oxygens (including phenoxy) is 1. The van der Waals surface area contributed by atoms with Gasteiger partial charge in [0.25, 0.3) is 0 Å². The van der Waals surface area contributed by atoms with Crippen LogP contribution < -0.4 is 4.74 Å². The number of thiophene rings is 1. The van der Waals surface area contributed by atoms with Crippen molar-refractivity contribution in [2.24, 2.45) is 0 Å². The van der Waals surface area contributed by atoms with Crippen LogP contribution in [0.1, 0.15) is 15.9 Å². The van der Waals surface area contributed by atoms with E-state index in [-0.39, 0.29) is 5.56 Å². The summed E-state index contributed by atoms with van der Waals surface area (Å²) in [5.41, 5.74) is 0.792. The summed E-state index contributed by atoms with van der Waals surface area (Å²) in [6.07, 6.45) is 1.44. The van der Waals surface area contributed by atoms with Crippen LogP contribution in [0.5, 0.6) is 11.6 Å². The molecule has 2 aromatic heterocycles. The summed E-state index contributed by atoms with van der Waals surface area (Å²) in [5, 5.41) is 11.8. The minimum absolute atomic E-state index is 0.220. The van der Waals surface area contributed by atoms with E-state index in [4.69, 9.17) is 9.84 Å². The predicted octanol–water partition coefficient (Wildman–Crippen LogP) is 3.49. The van der Waals surface area contributed by atoms with Gasteiger partial charge in [0.05, 0.1) is 10.9 Å². The molecule has 0 saturated carbocycles. The first-order chi connectivity index (χ1) is 9.66. The third-order valence-electron chi connectivity index (χ3n) is 2.95. The van der Waals surface area contributed by atoms with Crippen molar-refractivity contribution in [3.05, 3.63) is 47.1 Å². The molecular formula is C14H10N2O3S. The fourth-order valence-electron chi connectivity index (χ4n) is 1.91. The number of hydrogen-bond acceptors (Lipinski definition) is 5. The lowest BCUT2D eigenvalue weighted by molar-refractivity contribution is 0.0695. The first-order valence-electron chi connectivity index (χ1n) is 5.86. The zero-order chi connectivity index (χ0) is 14.1. The predicted molar refractivity (Wildman–Crippen MR) is 75.6 cm³/mol. The van der Waals surface area contributed by atoms with Crippen LogP contribution in [-0.2, 0) is 0 Å². The summed E-state index contributed by atoms with van der Waals surface area (Å²) < 4.78 is 5.76. The third kappa shape index (κ3) is 2.10. The van der Waals surface area contributed by atoms with E-state index >= 15 is 0 Å². The molecule has 0 aliphatic carbocycles. The normalized spacial score (nSPS) is 10.7. The first kappa shape index (κ1) is 12.6. The zero-order valence-electron chi connectivity index (χ0n) is 10.5. The topological polar surface area (TPSA) is 72.3 Å². The first-order valence-corrected chi connectivity index (χ1v) is 6.74. The smallest absolute Gasteiger partial charge is 0.336 e. The molecule has 0 fully saturated rings. The highest BCUT2D eigenvalue weighted by Crippen LogP contribution is 2.31. The van der Waals surface area contributed by atoms with Gasteiger partial charge in [0.1, 0.15) is 16.9 Å². The number of hydrogen-bond donors (Lipinski definition) is 1. The van der Waals surface area contributed by atoms with Crippen LogP contribution in [0.3, 0.4) is 0 Å². The molecule has 5 nitrogen and oxygen atoms in total. The molecule has 0 atom stereocenters. The van der Waals surface area contributed by atoms with E-state index in [1.54, 1.807) is 25.1 Å². The summed E-state index contributed by atoms with van der Waals surface area (Å²) in [6, 6.07) is 6.80. The van der Waals surface area contributed by atoms with Crippen LogP contribution in [0.4, 0.5) is 0 Å². The monoisotopic (exact) mass is 286 g/mol. The van der Waals surface area contributed by atoms with Gasteiger partial charge in [0.2, 0.25) is 5.88 Å². The Hall–Kier alpha value is -2.47.